The van der Waals surface area contributed by atoms with E-state index in [0.29, 0.717) is 5.91 Å². The van der Waals surface area contributed by atoms with Gasteiger partial charge in [-0.2, -0.15) is 0 Å². The number of anilines is 1. The van der Waals surface area contributed by atoms with E-state index in [1.165, 1.54) is 5.56 Å². The molecule has 1 aromatic heterocycles. The molecule has 0 radical (unpaired) electrons. The van der Waals surface area contributed by atoms with E-state index in [2.05, 4.69) is 21.7 Å². The molecule has 0 N–H and O–H groups in total. The molecule has 0 saturated carbocycles. The van der Waals surface area contributed by atoms with E-state index < -0.39 is 0 Å². The van der Waals surface area contributed by atoms with Crippen molar-refractivity contribution in [3.63, 3.8) is 0 Å². The van der Waals surface area contributed by atoms with Crippen molar-refractivity contribution in [1.29, 1.82) is 0 Å². The van der Waals surface area contributed by atoms with E-state index in [0.717, 1.165) is 83.1 Å². The first-order valence-corrected chi connectivity index (χ1v) is 9.63. The van der Waals surface area contributed by atoms with Gasteiger partial charge in [0.25, 0.3) is 0 Å². The van der Waals surface area contributed by atoms with Gasteiger partial charge in [-0.25, -0.2) is 9.97 Å². The number of rotatable bonds is 4. The lowest BCUT2D eigenvalue weighted by Gasteiger charge is -2.29. The molecule has 1 aromatic rings. The van der Waals surface area contributed by atoms with Crippen LogP contribution in [-0.2, 0) is 16.0 Å². The van der Waals surface area contributed by atoms with E-state index in [9.17, 15) is 4.79 Å². The second-order valence-corrected chi connectivity index (χ2v) is 7.07. The summed E-state index contributed by atoms with van der Waals surface area (Å²) in [6.45, 7) is 8.99. The van der Waals surface area contributed by atoms with Crippen LogP contribution in [0.1, 0.15) is 44.0 Å². The van der Waals surface area contributed by atoms with Crippen LogP contribution < -0.4 is 4.90 Å². The Morgan fingerprint density at radius 3 is 2.80 bits per heavy atom. The van der Waals surface area contributed by atoms with Gasteiger partial charge >= 0.3 is 0 Å². The van der Waals surface area contributed by atoms with E-state index in [-0.39, 0.29) is 5.92 Å². The number of ether oxygens (including phenoxy) is 1. The zero-order valence-corrected chi connectivity index (χ0v) is 15.5. The van der Waals surface area contributed by atoms with Gasteiger partial charge in [0.15, 0.2) is 0 Å². The van der Waals surface area contributed by atoms with Gasteiger partial charge in [0, 0.05) is 57.1 Å². The Morgan fingerprint density at radius 2 is 2.04 bits per heavy atom. The second-order valence-electron chi connectivity index (χ2n) is 7.07. The normalized spacial score (nSPS) is 19.8. The summed E-state index contributed by atoms with van der Waals surface area (Å²) in [7, 11) is 0. The lowest BCUT2D eigenvalue weighted by molar-refractivity contribution is -0.138. The van der Waals surface area contributed by atoms with Crippen molar-refractivity contribution in [2.75, 3.05) is 44.3 Å². The van der Waals surface area contributed by atoms with E-state index in [4.69, 9.17) is 9.72 Å². The Morgan fingerprint density at radius 1 is 1.24 bits per heavy atom. The number of carbonyl (C=O) groups is 1. The second kappa shape index (κ2) is 8.61. The molecular formula is C19H30N4O2. The van der Waals surface area contributed by atoms with E-state index in [1.54, 1.807) is 0 Å². The first-order valence-electron chi connectivity index (χ1n) is 9.63. The van der Waals surface area contributed by atoms with Crippen molar-refractivity contribution in [3.05, 3.63) is 17.6 Å². The highest BCUT2D eigenvalue weighted by Crippen LogP contribution is 2.22. The first-order chi connectivity index (χ1) is 12.2. The minimum atomic E-state index is 0.150. The number of aromatic nitrogens is 2. The summed E-state index contributed by atoms with van der Waals surface area (Å²) in [5.74, 6) is 2.35. The highest BCUT2D eigenvalue weighted by atomic mass is 16.5. The Labute approximate surface area is 150 Å². The van der Waals surface area contributed by atoms with Crippen molar-refractivity contribution < 1.29 is 9.53 Å². The summed E-state index contributed by atoms with van der Waals surface area (Å²) >= 11 is 0. The predicted molar refractivity (Wildman–Crippen MR) is 97.7 cm³/mol. The Hall–Kier alpha value is -1.69. The van der Waals surface area contributed by atoms with Gasteiger partial charge in [-0.05, 0) is 32.6 Å². The smallest absolute Gasteiger partial charge is 0.225 e. The van der Waals surface area contributed by atoms with Crippen LogP contribution >= 0.6 is 0 Å². The Kier molecular flexibility index (Phi) is 6.24. The van der Waals surface area contributed by atoms with Crippen molar-refractivity contribution in [3.8, 4) is 0 Å². The maximum atomic E-state index is 12.8. The molecule has 0 bridgehead atoms. The minimum absolute atomic E-state index is 0.150. The average molecular weight is 346 g/mol. The standard InChI is InChI=1S/C19H30N4O2/c1-3-5-17-14-20-15(2)21-18(17)22-8-4-9-23(11-10-22)19(24)16-6-12-25-13-7-16/h14,16H,3-13H2,1-2H3. The molecule has 1 amide bonds. The molecule has 0 spiro atoms. The monoisotopic (exact) mass is 346 g/mol. The van der Waals surface area contributed by atoms with Crippen molar-refractivity contribution in [2.45, 2.75) is 46.0 Å². The zero-order valence-electron chi connectivity index (χ0n) is 15.5. The molecule has 138 valence electrons. The van der Waals surface area contributed by atoms with Gasteiger partial charge in [-0.3, -0.25) is 4.79 Å². The molecule has 2 saturated heterocycles. The molecule has 0 aliphatic carbocycles. The molecule has 6 heteroatoms. The first kappa shape index (κ1) is 18.1. The van der Waals surface area contributed by atoms with Crippen LogP contribution in [0.4, 0.5) is 5.82 Å². The summed E-state index contributed by atoms with van der Waals surface area (Å²) in [6, 6.07) is 0. The summed E-state index contributed by atoms with van der Waals surface area (Å²) < 4.78 is 5.39. The maximum absolute atomic E-state index is 12.8. The summed E-state index contributed by atoms with van der Waals surface area (Å²) in [4.78, 5) is 26.3. The number of carbonyl (C=O) groups excluding carboxylic acids is 1. The van der Waals surface area contributed by atoms with E-state index >= 15 is 0 Å². The molecule has 2 fully saturated rings. The van der Waals surface area contributed by atoms with Crippen LogP contribution in [-0.4, -0.2) is 60.2 Å². The van der Waals surface area contributed by atoms with Crippen LogP contribution in [0.5, 0.6) is 0 Å². The number of aryl methyl sites for hydroxylation is 2. The summed E-state index contributed by atoms with van der Waals surface area (Å²) in [5.41, 5.74) is 1.22. The van der Waals surface area contributed by atoms with Crippen LogP contribution in [0, 0.1) is 12.8 Å². The summed E-state index contributed by atoms with van der Waals surface area (Å²) in [6.07, 6.45) is 6.77. The molecule has 3 heterocycles. The molecule has 6 nitrogen and oxygen atoms in total. The van der Waals surface area contributed by atoms with E-state index in [1.807, 2.05) is 13.1 Å². The largest absolute Gasteiger partial charge is 0.381 e. The third-order valence-corrected chi connectivity index (χ3v) is 5.16. The van der Waals surface area contributed by atoms with Crippen LogP contribution in [0.3, 0.4) is 0 Å². The molecule has 2 aliphatic rings. The van der Waals surface area contributed by atoms with Gasteiger partial charge < -0.3 is 14.5 Å². The highest BCUT2D eigenvalue weighted by molar-refractivity contribution is 5.79. The van der Waals surface area contributed by atoms with Crippen LogP contribution in [0.25, 0.3) is 0 Å². The van der Waals surface area contributed by atoms with Gasteiger partial charge in [0.1, 0.15) is 11.6 Å². The number of hydrogen-bond donors (Lipinski definition) is 0. The number of hydrogen-bond acceptors (Lipinski definition) is 5. The highest BCUT2D eigenvalue weighted by Gasteiger charge is 2.28. The third-order valence-electron chi connectivity index (χ3n) is 5.16. The fourth-order valence-electron chi connectivity index (χ4n) is 3.75. The minimum Gasteiger partial charge on any atom is -0.381 e. The topological polar surface area (TPSA) is 58.6 Å². The van der Waals surface area contributed by atoms with Gasteiger partial charge in [-0.1, -0.05) is 13.3 Å². The quantitative estimate of drug-likeness (QED) is 0.836. The van der Waals surface area contributed by atoms with Crippen LogP contribution in [0.15, 0.2) is 6.20 Å². The van der Waals surface area contributed by atoms with Gasteiger partial charge in [-0.15, -0.1) is 0 Å². The molecular weight excluding hydrogens is 316 g/mol. The average Bonchev–Trinajstić information content (AvgIpc) is 2.89. The van der Waals surface area contributed by atoms with Crippen LogP contribution in [0.2, 0.25) is 0 Å². The molecule has 2 aliphatic heterocycles. The Bertz CT molecular complexity index is 587. The molecule has 3 rings (SSSR count). The SMILES string of the molecule is CCCc1cnc(C)nc1N1CCCN(C(=O)C2CCOCC2)CC1. The maximum Gasteiger partial charge on any atom is 0.225 e. The number of amides is 1. The molecule has 0 unspecified atom stereocenters. The fraction of sp³-hybridized carbons (Fsp3) is 0.737. The predicted octanol–water partition coefficient (Wildman–Crippen LogP) is 2.20. The summed E-state index contributed by atoms with van der Waals surface area (Å²) in [5, 5.41) is 0. The van der Waals surface area contributed by atoms with Gasteiger partial charge in [0.2, 0.25) is 5.91 Å². The lowest BCUT2D eigenvalue weighted by atomic mass is 9.98. The fourth-order valence-corrected chi connectivity index (χ4v) is 3.75. The third kappa shape index (κ3) is 4.48. The van der Waals surface area contributed by atoms with Gasteiger partial charge in [0.05, 0.1) is 0 Å². The van der Waals surface area contributed by atoms with Crippen molar-refractivity contribution in [2.24, 2.45) is 5.92 Å². The molecule has 0 atom stereocenters. The lowest BCUT2D eigenvalue weighted by Crippen LogP contribution is -2.40. The molecule has 25 heavy (non-hydrogen) atoms. The number of nitrogens with zero attached hydrogens (tertiary/aromatic N) is 4. The van der Waals surface area contributed by atoms with Crippen molar-refractivity contribution >= 4 is 11.7 Å². The van der Waals surface area contributed by atoms with Crippen molar-refractivity contribution in [1.82, 2.24) is 14.9 Å². The Balaban J connectivity index is 1.67. The zero-order chi connectivity index (χ0) is 17.6. The molecule has 0 aromatic carbocycles.